The van der Waals surface area contributed by atoms with Crippen molar-refractivity contribution < 1.29 is 18.7 Å². The van der Waals surface area contributed by atoms with E-state index in [2.05, 4.69) is 87.0 Å². The average molecular weight is 674 g/mol. The maximum atomic E-state index is 14.2. The number of aromatic nitrogens is 2. The number of carbonyl (C=O) groups excluding carboxylic acids is 1. The first-order chi connectivity index (χ1) is 24.3. The second-order valence-corrected chi connectivity index (χ2v) is 14.7. The van der Waals surface area contributed by atoms with Gasteiger partial charge in [0.25, 0.3) is 0 Å². The summed E-state index contributed by atoms with van der Waals surface area (Å²) in [5, 5.41) is 0.351. The number of halogens is 1. The number of fused-ring (bicyclic) bond motifs is 1. The number of anilines is 1. The van der Waals surface area contributed by atoms with Crippen molar-refractivity contribution in [2.45, 2.75) is 51.2 Å². The standard InChI is InChI=1S/C41H44FN5O3/c1-27(2)34-6-4-5-7-35(34)38-23-45(22-28-8-12-32(49-3)13-9-28)14-15-47(38)31-18-41(19-31)25-46(26-41)30-11-10-29(24-48)39(16-30)50-33-17-36-37(42)21-44-40(36)43-20-33/h4-13,16-17,20-21,24,27,31,38H,14-15,18-19,22-23,25-26H2,1-3H3,(H,43,44)/t38-/m1/s1. The number of rotatable bonds is 10. The number of hydrogen-bond acceptors (Lipinski definition) is 7. The number of aromatic amines is 1. The number of benzene rings is 3. The Kier molecular flexibility index (Phi) is 8.57. The van der Waals surface area contributed by atoms with Crippen LogP contribution in [0.4, 0.5) is 10.1 Å². The van der Waals surface area contributed by atoms with Crippen LogP contribution in [-0.4, -0.2) is 71.9 Å². The number of hydrogen-bond donors (Lipinski definition) is 1. The lowest BCUT2D eigenvalue weighted by Crippen LogP contribution is -2.68. The first-order valence-electron chi connectivity index (χ1n) is 17.7. The first kappa shape index (κ1) is 32.5. The van der Waals surface area contributed by atoms with Crippen LogP contribution in [0.5, 0.6) is 17.2 Å². The van der Waals surface area contributed by atoms with Crippen molar-refractivity contribution in [1.82, 2.24) is 19.8 Å². The molecule has 0 amide bonds. The number of aldehydes is 1. The van der Waals surface area contributed by atoms with Crippen LogP contribution in [0.3, 0.4) is 0 Å². The molecule has 1 N–H and O–H groups in total. The van der Waals surface area contributed by atoms with Gasteiger partial charge in [0.2, 0.25) is 0 Å². The van der Waals surface area contributed by atoms with Gasteiger partial charge < -0.3 is 19.4 Å². The molecule has 2 saturated heterocycles. The van der Waals surface area contributed by atoms with E-state index in [9.17, 15) is 9.18 Å². The molecule has 1 atom stereocenters. The molecule has 1 spiro atoms. The van der Waals surface area contributed by atoms with Gasteiger partial charge in [-0.05, 0) is 65.8 Å². The molecule has 0 unspecified atom stereocenters. The highest BCUT2D eigenvalue weighted by Gasteiger charge is 2.55. The Morgan fingerprint density at radius 3 is 2.58 bits per heavy atom. The number of piperazine rings is 1. The van der Waals surface area contributed by atoms with Crippen LogP contribution in [0, 0.1) is 11.2 Å². The molecule has 0 bridgehead atoms. The third-order valence-corrected chi connectivity index (χ3v) is 11.1. The van der Waals surface area contributed by atoms with Crippen molar-refractivity contribution in [2.24, 2.45) is 5.41 Å². The zero-order chi connectivity index (χ0) is 34.4. The Balaban J connectivity index is 0.952. The van der Waals surface area contributed by atoms with Crippen LogP contribution in [0.25, 0.3) is 11.0 Å². The molecule has 1 aliphatic carbocycles. The molecular weight excluding hydrogens is 629 g/mol. The van der Waals surface area contributed by atoms with Crippen LogP contribution < -0.4 is 14.4 Å². The van der Waals surface area contributed by atoms with Gasteiger partial charge >= 0.3 is 0 Å². The molecule has 4 heterocycles. The van der Waals surface area contributed by atoms with Crippen LogP contribution >= 0.6 is 0 Å². The summed E-state index contributed by atoms with van der Waals surface area (Å²) in [4.78, 5) is 26.8. The zero-order valence-electron chi connectivity index (χ0n) is 28.9. The largest absolute Gasteiger partial charge is 0.497 e. The van der Waals surface area contributed by atoms with Crippen molar-refractivity contribution in [2.75, 3.05) is 44.7 Å². The van der Waals surface area contributed by atoms with Gasteiger partial charge in [-0.15, -0.1) is 0 Å². The van der Waals surface area contributed by atoms with Gasteiger partial charge in [-0.3, -0.25) is 14.6 Å². The van der Waals surface area contributed by atoms with E-state index in [1.54, 1.807) is 25.4 Å². The third kappa shape index (κ3) is 6.13. The van der Waals surface area contributed by atoms with Gasteiger partial charge in [-0.25, -0.2) is 9.37 Å². The van der Waals surface area contributed by atoms with Crippen LogP contribution in [0.15, 0.2) is 85.2 Å². The van der Waals surface area contributed by atoms with E-state index in [-0.39, 0.29) is 0 Å². The molecule has 3 aliphatic rings. The Bertz CT molecular complexity index is 2000. The molecule has 50 heavy (non-hydrogen) atoms. The molecule has 3 fully saturated rings. The van der Waals surface area contributed by atoms with E-state index >= 15 is 0 Å². The summed E-state index contributed by atoms with van der Waals surface area (Å²) in [5.41, 5.74) is 6.46. The zero-order valence-corrected chi connectivity index (χ0v) is 28.9. The summed E-state index contributed by atoms with van der Waals surface area (Å²) in [6, 6.07) is 25.8. The van der Waals surface area contributed by atoms with Crippen molar-refractivity contribution in [1.29, 1.82) is 0 Å². The summed E-state index contributed by atoms with van der Waals surface area (Å²) < 4.78 is 25.7. The second kappa shape index (κ2) is 13.2. The van der Waals surface area contributed by atoms with Crippen molar-refractivity contribution in [3.8, 4) is 17.2 Å². The second-order valence-electron chi connectivity index (χ2n) is 14.7. The van der Waals surface area contributed by atoms with Crippen molar-refractivity contribution in [3.63, 3.8) is 0 Å². The molecule has 1 saturated carbocycles. The highest BCUT2D eigenvalue weighted by molar-refractivity contribution is 5.82. The number of pyridine rings is 1. The lowest BCUT2D eigenvalue weighted by Gasteiger charge is -2.63. The summed E-state index contributed by atoms with van der Waals surface area (Å²) in [6.07, 6.45) is 5.98. The van der Waals surface area contributed by atoms with Crippen LogP contribution in [0.1, 0.15) is 65.7 Å². The fourth-order valence-electron chi connectivity index (χ4n) is 8.46. The molecule has 5 aromatic rings. The Morgan fingerprint density at radius 2 is 1.82 bits per heavy atom. The number of ether oxygens (including phenoxy) is 2. The lowest BCUT2D eigenvalue weighted by atomic mass is 9.59. The summed E-state index contributed by atoms with van der Waals surface area (Å²) in [5.74, 6) is 1.80. The molecule has 0 radical (unpaired) electrons. The highest BCUT2D eigenvalue weighted by atomic mass is 19.1. The highest BCUT2D eigenvalue weighted by Crippen LogP contribution is 2.53. The number of carbonyl (C=O) groups is 1. The van der Waals surface area contributed by atoms with Gasteiger partial charge in [0.1, 0.15) is 28.7 Å². The molecule has 258 valence electrons. The SMILES string of the molecule is COc1ccc(CN2CCN(C3CC4(C3)CN(c3ccc(C=O)c(Oc5cnc6[nH]cc(F)c6c5)c3)C4)[C@@H](c3ccccc3C(C)C)C2)cc1. The minimum Gasteiger partial charge on any atom is -0.497 e. The Hall–Kier alpha value is -4.73. The predicted molar refractivity (Wildman–Crippen MR) is 194 cm³/mol. The third-order valence-electron chi connectivity index (χ3n) is 11.1. The quantitative estimate of drug-likeness (QED) is 0.151. The summed E-state index contributed by atoms with van der Waals surface area (Å²) >= 11 is 0. The maximum absolute atomic E-state index is 14.2. The van der Waals surface area contributed by atoms with E-state index in [0.717, 1.165) is 57.0 Å². The van der Waals surface area contributed by atoms with Crippen molar-refractivity contribution >= 4 is 23.0 Å². The molecule has 8 nitrogen and oxygen atoms in total. The predicted octanol–water partition coefficient (Wildman–Crippen LogP) is 7.97. The molecule has 9 heteroatoms. The molecule has 3 aromatic carbocycles. The first-order valence-corrected chi connectivity index (χ1v) is 17.7. The number of nitrogens with zero attached hydrogens (tertiary/aromatic N) is 4. The number of methoxy groups -OCH3 is 1. The monoisotopic (exact) mass is 673 g/mol. The number of H-pyrrole nitrogens is 1. The van der Waals surface area contributed by atoms with Crippen molar-refractivity contribution in [3.05, 3.63) is 113 Å². The fourth-order valence-corrected chi connectivity index (χ4v) is 8.46. The topological polar surface area (TPSA) is 73.9 Å². The molecular formula is C41H44FN5O3. The van der Waals surface area contributed by atoms with Gasteiger partial charge in [-0.1, -0.05) is 50.2 Å². The summed E-state index contributed by atoms with van der Waals surface area (Å²) in [7, 11) is 1.71. The van der Waals surface area contributed by atoms with E-state index < -0.39 is 5.82 Å². The lowest BCUT2D eigenvalue weighted by molar-refractivity contribution is -0.0647. The van der Waals surface area contributed by atoms with Gasteiger partial charge in [0, 0.05) is 74.7 Å². The minimum absolute atomic E-state index is 0.304. The smallest absolute Gasteiger partial charge is 0.153 e. The minimum atomic E-state index is -0.391. The van der Waals surface area contributed by atoms with Crippen LogP contribution in [-0.2, 0) is 6.54 Å². The van der Waals surface area contributed by atoms with Gasteiger partial charge in [0.05, 0.1) is 24.3 Å². The van der Waals surface area contributed by atoms with E-state index in [1.165, 1.54) is 35.7 Å². The Morgan fingerprint density at radius 1 is 1.02 bits per heavy atom. The summed E-state index contributed by atoms with van der Waals surface area (Å²) in [6.45, 7) is 10.6. The van der Waals surface area contributed by atoms with E-state index in [4.69, 9.17) is 9.47 Å². The molecule has 2 aliphatic heterocycles. The van der Waals surface area contributed by atoms with E-state index in [1.807, 2.05) is 12.1 Å². The fraction of sp³-hybridized carbons (Fsp3) is 0.366. The molecule has 2 aromatic heterocycles. The van der Waals surface area contributed by atoms with Gasteiger partial charge in [0.15, 0.2) is 6.29 Å². The van der Waals surface area contributed by atoms with E-state index in [0.29, 0.717) is 51.5 Å². The average Bonchev–Trinajstić information content (AvgIpc) is 3.47. The Labute approximate surface area is 292 Å². The van der Waals surface area contributed by atoms with Gasteiger partial charge in [-0.2, -0.15) is 0 Å². The normalized spacial score (nSPS) is 19.5. The number of nitrogens with one attached hydrogen (secondary N) is 1. The molecule has 8 rings (SSSR count). The maximum Gasteiger partial charge on any atom is 0.153 e. The van der Waals surface area contributed by atoms with Crippen LogP contribution in [0.2, 0.25) is 0 Å².